The molecular formula is C12H14BrN3O2. The molecule has 18 heavy (non-hydrogen) atoms. The normalized spacial score (nSPS) is 12.4. The van der Waals surface area contributed by atoms with Crippen LogP contribution in [-0.4, -0.2) is 27.0 Å². The van der Waals surface area contributed by atoms with Crippen molar-refractivity contribution in [1.82, 2.24) is 14.8 Å². The quantitative estimate of drug-likeness (QED) is 0.936. The van der Waals surface area contributed by atoms with Crippen molar-refractivity contribution < 1.29 is 9.84 Å². The van der Waals surface area contributed by atoms with Crippen molar-refractivity contribution in [2.45, 2.75) is 12.5 Å². The van der Waals surface area contributed by atoms with Crippen LogP contribution in [0.25, 0.3) is 0 Å². The average Bonchev–Trinajstić information content (AvgIpc) is 2.75. The zero-order valence-corrected chi connectivity index (χ0v) is 11.8. The van der Waals surface area contributed by atoms with E-state index < -0.39 is 6.10 Å². The van der Waals surface area contributed by atoms with Crippen LogP contribution in [-0.2, 0) is 13.5 Å². The van der Waals surface area contributed by atoms with Gasteiger partial charge in [-0.1, -0.05) is 6.07 Å². The maximum absolute atomic E-state index is 10.2. The lowest BCUT2D eigenvalue weighted by Crippen LogP contribution is -2.07. The summed E-state index contributed by atoms with van der Waals surface area (Å²) < 4.78 is 7.62. The van der Waals surface area contributed by atoms with Gasteiger partial charge < -0.3 is 9.84 Å². The zero-order valence-electron chi connectivity index (χ0n) is 10.2. The number of hydrogen-bond acceptors (Lipinski definition) is 4. The summed E-state index contributed by atoms with van der Waals surface area (Å²) in [5.41, 5.74) is 0.811. The third kappa shape index (κ3) is 2.70. The molecule has 5 nitrogen and oxygen atoms in total. The van der Waals surface area contributed by atoms with Crippen LogP contribution in [0.2, 0.25) is 0 Å². The van der Waals surface area contributed by atoms with Crippen molar-refractivity contribution in [3.63, 3.8) is 0 Å². The summed E-state index contributed by atoms with van der Waals surface area (Å²) >= 11 is 3.40. The summed E-state index contributed by atoms with van der Waals surface area (Å²) in [4.78, 5) is 4.09. The maximum atomic E-state index is 10.2. The lowest BCUT2D eigenvalue weighted by Gasteiger charge is -2.12. The summed E-state index contributed by atoms with van der Waals surface area (Å²) in [6, 6.07) is 5.50. The van der Waals surface area contributed by atoms with Gasteiger partial charge in [0.25, 0.3) is 0 Å². The first kappa shape index (κ1) is 13.0. The van der Waals surface area contributed by atoms with Crippen LogP contribution in [0.1, 0.15) is 17.5 Å². The first-order chi connectivity index (χ1) is 8.61. The second kappa shape index (κ2) is 5.49. The van der Waals surface area contributed by atoms with E-state index in [9.17, 15) is 5.11 Å². The highest BCUT2D eigenvalue weighted by molar-refractivity contribution is 9.10. The van der Waals surface area contributed by atoms with Gasteiger partial charge in [0.05, 0.1) is 17.7 Å². The molecule has 1 aromatic carbocycles. The van der Waals surface area contributed by atoms with Gasteiger partial charge in [-0.25, -0.2) is 4.98 Å². The van der Waals surface area contributed by atoms with E-state index in [4.69, 9.17) is 4.74 Å². The number of nitrogens with zero attached hydrogens (tertiary/aromatic N) is 3. The Morgan fingerprint density at radius 3 is 2.83 bits per heavy atom. The smallest absolute Gasteiger partial charge is 0.138 e. The van der Waals surface area contributed by atoms with E-state index in [0.717, 1.165) is 21.6 Å². The van der Waals surface area contributed by atoms with E-state index in [0.29, 0.717) is 6.42 Å². The highest BCUT2D eigenvalue weighted by Gasteiger charge is 2.13. The van der Waals surface area contributed by atoms with Crippen LogP contribution >= 0.6 is 15.9 Å². The Kier molecular flexibility index (Phi) is 3.98. The molecule has 1 atom stereocenters. The fourth-order valence-electron chi connectivity index (χ4n) is 1.69. The largest absolute Gasteiger partial charge is 0.496 e. The van der Waals surface area contributed by atoms with Crippen LogP contribution < -0.4 is 4.74 Å². The van der Waals surface area contributed by atoms with Gasteiger partial charge in [0.1, 0.15) is 17.9 Å². The molecular weight excluding hydrogens is 298 g/mol. The summed E-state index contributed by atoms with van der Waals surface area (Å²) in [6.45, 7) is 0. The predicted octanol–water partition coefficient (Wildman–Crippen LogP) is 1.86. The van der Waals surface area contributed by atoms with Crippen LogP contribution in [0.15, 0.2) is 29.0 Å². The van der Waals surface area contributed by atoms with Crippen LogP contribution in [0.4, 0.5) is 0 Å². The van der Waals surface area contributed by atoms with Crippen molar-refractivity contribution in [2.75, 3.05) is 7.11 Å². The fourth-order valence-corrected chi connectivity index (χ4v) is 2.24. The number of aliphatic hydroxyl groups is 1. The Morgan fingerprint density at radius 1 is 1.50 bits per heavy atom. The monoisotopic (exact) mass is 311 g/mol. The van der Waals surface area contributed by atoms with Crippen LogP contribution in [0.5, 0.6) is 5.75 Å². The van der Waals surface area contributed by atoms with Crippen molar-refractivity contribution in [2.24, 2.45) is 7.05 Å². The molecule has 0 saturated carbocycles. The van der Waals surface area contributed by atoms with Gasteiger partial charge >= 0.3 is 0 Å². The molecule has 0 aliphatic rings. The minimum Gasteiger partial charge on any atom is -0.496 e. The summed E-state index contributed by atoms with van der Waals surface area (Å²) in [7, 11) is 3.41. The molecule has 1 heterocycles. The van der Waals surface area contributed by atoms with Gasteiger partial charge in [-0.2, -0.15) is 5.10 Å². The number of aliphatic hydroxyl groups excluding tert-OH is 1. The molecule has 96 valence electrons. The minimum atomic E-state index is -0.616. The molecule has 0 fully saturated rings. The molecule has 6 heteroatoms. The summed E-state index contributed by atoms with van der Waals surface area (Å²) in [5, 5.41) is 14.1. The molecule has 0 radical (unpaired) electrons. The SMILES string of the molecule is COc1ccc(C(O)Cc2ncnn2C)cc1Br. The Morgan fingerprint density at radius 2 is 2.28 bits per heavy atom. The van der Waals surface area contributed by atoms with E-state index in [2.05, 4.69) is 26.0 Å². The highest BCUT2D eigenvalue weighted by Crippen LogP contribution is 2.28. The van der Waals surface area contributed by atoms with Gasteiger partial charge in [0.2, 0.25) is 0 Å². The number of ether oxygens (including phenoxy) is 1. The van der Waals surface area contributed by atoms with E-state index in [1.807, 2.05) is 18.2 Å². The number of hydrogen-bond donors (Lipinski definition) is 1. The third-order valence-electron chi connectivity index (χ3n) is 2.74. The Balaban J connectivity index is 2.16. The Labute approximate surface area is 114 Å². The van der Waals surface area contributed by atoms with E-state index in [1.165, 1.54) is 6.33 Å². The fraction of sp³-hybridized carbons (Fsp3) is 0.333. The molecule has 1 unspecified atom stereocenters. The van der Waals surface area contributed by atoms with Crippen molar-refractivity contribution in [1.29, 1.82) is 0 Å². The average molecular weight is 312 g/mol. The Hall–Kier alpha value is -1.40. The number of rotatable bonds is 4. The molecule has 0 aliphatic carbocycles. The number of aryl methyl sites for hydroxylation is 1. The number of halogens is 1. The van der Waals surface area contributed by atoms with E-state index in [-0.39, 0.29) is 0 Å². The van der Waals surface area contributed by atoms with Crippen LogP contribution in [0, 0.1) is 0 Å². The topological polar surface area (TPSA) is 60.2 Å². The number of aromatic nitrogens is 3. The molecule has 1 aromatic heterocycles. The molecule has 0 amide bonds. The van der Waals surface area contributed by atoms with Gasteiger partial charge in [-0.15, -0.1) is 0 Å². The lowest BCUT2D eigenvalue weighted by atomic mass is 10.1. The first-order valence-corrected chi connectivity index (χ1v) is 6.25. The molecule has 0 aliphatic heterocycles. The maximum Gasteiger partial charge on any atom is 0.138 e. The second-order valence-electron chi connectivity index (χ2n) is 3.91. The Bertz CT molecular complexity index is 542. The minimum absolute atomic E-state index is 0.426. The predicted molar refractivity (Wildman–Crippen MR) is 70.4 cm³/mol. The second-order valence-corrected chi connectivity index (χ2v) is 4.77. The number of benzene rings is 1. The molecule has 0 saturated heterocycles. The first-order valence-electron chi connectivity index (χ1n) is 5.46. The van der Waals surface area contributed by atoms with Gasteiger partial charge in [0.15, 0.2) is 0 Å². The van der Waals surface area contributed by atoms with Crippen molar-refractivity contribution in [3.8, 4) is 5.75 Å². The van der Waals surface area contributed by atoms with Gasteiger partial charge in [-0.3, -0.25) is 4.68 Å². The van der Waals surface area contributed by atoms with Crippen molar-refractivity contribution >= 4 is 15.9 Å². The summed E-state index contributed by atoms with van der Waals surface area (Å²) in [5.74, 6) is 1.49. The van der Waals surface area contributed by atoms with Crippen LogP contribution in [0.3, 0.4) is 0 Å². The highest BCUT2D eigenvalue weighted by atomic mass is 79.9. The molecule has 0 bridgehead atoms. The molecule has 0 spiro atoms. The molecule has 2 rings (SSSR count). The third-order valence-corrected chi connectivity index (χ3v) is 3.36. The zero-order chi connectivity index (χ0) is 13.1. The van der Waals surface area contributed by atoms with E-state index in [1.54, 1.807) is 18.8 Å². The molecule has 1 N–H and O–H groups in total. The van der Waals surface area contributed by atoms with Gasteiger partial charge in [-0.05, 0) is 33.6 Å². The van der Waals surface area contributed by atoms with Crippen molar-refractivity contribution in [3.05, 3.63) is 40.4 Å². The standard InChI is InChI=1S/C12H14BrN3O2/c1-16-12(14-7-15-16)6-10(17)8-3-4-11(18-2)9(13)5-8/h3-5,7,10,17H,6H2,1-2H3. The number of methoxy groups -OCH3 is 1. The van der Waals surface area contributed by atoms with Gasteiger partial charge in [0, 0.05) is 13.5 Å². The lowest BCUT2D eigenvalue weighted by molar-refractivity contribution is 0.174. The van der Waals surface area contributed by atoms with E-state index >= 15 is 0 Å². The summed E-state index contributed by atoms with van der Waals surface area (Å²) in [6.07, 6.45) is 1.29. The molecule has 2 aromatic rings.